The average Bonchev–Trinajstić information content (AvgIpc) is 2.54. The molecule has 1 fully saturated rings. The van der Waals surface area contributed by atoms with Crippen molar-refractivity contribution in [3.8, 4) is 0 Å². The van der Waals surface area contributed by atoms with Gasteiger partial charge in [0.25, 0.3) is 5.91 Å². The molecule has 6 heteroatoms. The molecule has 1 amide bonds. The highest BCUT2D eigenvalue weighted by molar-refractivity contribution is 5.93. The van der Waals surface area contributed by atoms with Crippen molar-refractivity contribution in [2.75, 3.05) is 19.7 Å². The fraction of sp³-hybridized carbons (Fsp3) is 0.412. The molecule has 1 aliphatic heterocycles. The van der Waals surface area contributed by atoms with Crippen molar-refractivity contribution < 1.29 is 9.53 Å². The number of aromatic nitrogens is 3. The van der Waals surface area contributed by atoms with E-state index in [0.29, 0.717) is 31.2 Å². The Morgan fingerprint density at radius 3 is 2.70 bits per heavy atom. The predicted molar refractivity (Wildman–Crippen MR) is 85.1 cm³/mol. The Bertz CT molecular complexity index is 712. The molecule has 120 valence electrons. The van der Waals surface area contributed by atoms with Crippen molar-refractivity contribution in [2.24, 2.45) is 0 Å². The SMILES string of the molecule is Cc1cc(C)nc([C@@H]2CN(C(=O)c3ncccc3C)CCO2)n1. The summed E-state index contributed by atoms with van der Waals surface area (Å²) in [7, 11) is 0. The summed E-state index contributed by atoms with van der Waals surface area (Å²) in [6.07, 6.45) is 1.35. The third-order valence-electron chi connectivity index (χ3n) is 3.85. The molecule has 1 atom stereocenters. The van der Waals surface area contributed by atoms with E-state index in [0.717, 1.165) is 17.0 Å². The molecule has 3 heterocycles. The first-order valence-corrected chi connectivity index (χ1v) is 7.69. The van der Waals surface area contributed by atoms with E-state index < -0.39 is 0 Å². The molecule has 0 bridgehead atoms. The lowest BCUT2D eigenvalue weighted by Gasteiger charge is -2.32. The molecular formula is C17H20N4O2. The number of carbonyl (C=O) groups is 1. The molecule has 1 aliphatic rings. The number of rotatable bonds is 2. The van der Waals surface area contributed by atoms with Gasteiger partial charge in [-0.1, -0.05) is 6.07 Å². The number of carbonyl (C=O) groups excluding carboxylic acids is 1. The smallest absolute Gasteiger partial charge is 0.272 e. The maximum atomic E-state index is 12.7. The summed E-state index contributed by atoms with van der Waals surface area (Å²) < 4.78 is 5.78. The van der Waals surface area contributed by atoms with Crippen LogP contribution in [0.5, 0.6) is 0 Å². The first kappa shape index (κ1) is 15.6. The first-order chi connectivity index (χ1) is 11.0. The number of pyridine rings is 1. The third-order valence-corrected chi connectivity index (χ3v) is 3.85. The van der Waals surface area contributed by atoms with Crippen LogP contribution in [0.1, 0.15) is 39.4 Å². The maximum absolute atomic E-state index is 12.7. The van der Waals surface area contributed by atoms with E-state index in [4.69, 9.17) is 4.74 Å². The van der Waals surface area contributed by atoms with E-state index in [2.05, 4.69) is 15.0 Å². The van der Waals surface area contributed by atoms with Gasteiger partial charge in [-0.05, 0) is 38.5 Å². The molecule has 3 rings (SSSR count). The van der Waals surface area contributed by atoms with Crippen LogP contribution in [0.15, 0.2) is 24.4 Å². The van der Waals surface area contributed by atoms with Crippen LogP contribution < -0.4 is 0 Å². The van der Waals surface area contributed by atoms with Crippen LogP contribution in [0.3, 0.4) is 0 Å². The molecule has 0 spiro atoms. The minimum Gasteiger partial charge on any atom is -0.367 e. The predicted octanol–water partition coefficient (Wildman–Crippen LogP) is 2.01. The second kappa shape index (κ2) is 6.42. The molecule has 2 aromatic heterocycles. The summed E-state index contributed by atoms with van der Waals surface area (Å²) >= 11 is 0. The highest BCUT2D eigenvalue weighted by atomic mass is 16.5. The van der Waals surface area contributed by atoms with Crippen LogP contribution in [0.4, 0.5) is 0 Å². The van der Waals surface area contributed by atoms with E-state index in [1.807, 2.05) is 39.0 Å². The standard InChI is InChI=1S/C17H20N4O2/c1-11-5-4-6-18-15(11)17(22)21-7-8-23-14(10-21)16-19-12(2)9-13(3)20-16/h4-6,9,14H,7-8,10H2,1-3H3/t14-/m0/s1. The topological polar surface area (TPSA) is 68.2 Å². The number of hydrogen-bond donors (Lipinski definition) is 0. The van der Waals surface area contributed by atoms with Gasteiger partial charge in [0.2, 0.25) is 0 Å². The van der Waals surface area contributed by atoms with Crippen molar-refractivity contribution in [2.45, 2.75) is 26.9 Å². The Balaban J connectivity index is 1.81. The molecular weight excluding hydrogens is 292 g/mol. The fourth-order valence-electron chi connectivity index (χ4n) is 2.75. The molecule has 0 saturated carbocycles. The molecule has 6 nitrogen and oxygen atoms in total. The van der Waals surface area contributed by atoms with Crippen LogP contribution >= 0.6 is 0 Å². The van der Waals surface area contributed by atoms with Gasteiger partial charge < -0.3 is 9.64 Å². The van der Waals surface area contributed by atoms with Gasteiger partial charge >= 0.3 is 0 Å². The van der Waals surface area contributed by atoms with Crippen LogP contribution in [-0.2, 0) is 4.74 Å². The zero-order valence-corrected chi connectivity index (χ0v) is 13.6. The molecule has 0 unspecified atom stereocenters. The van der Waals surface area contributed by atoms with Gasteiger partial charge in [-0.15, -0.1) is 0 Å². The van der Waals surface area contributed by atoms with Gasteiger partial charge in [-0.25, -0.2) is 9.97 Å². The van der Waals surface area contributed by atoms with E-state index in [1.165, 1.54) is 0 Å². The second-order valence-corrected chi connectivity index (χ2v) is 5.79. The highest BCUT2D eigenvalue weighted by Crippen LogP contribution is 2.21. The molecule has 23 heavy (non-hydrogen) atoms. The second-order valence-electron chi connectivity index (χ2n) is 5.79. The van der Waals surface area contributed by atoms with E-state index in [9.17, 15) is 4.79 Å². The normalized spacial score (nSPS) is 18.0. The number of hydrogen-bond acceptors (Lipinski definition) is 5. The van der Waals surface area contributed by atoms with E-state index >= 15 is 0 Å². The van der Waals surface area contributed by atoms with Crippen molar-refractivity contribution in [3.63, 3.8) is 0 Å². The summed E-state index contributed by atoms with van der Waals surface area (Å²) in [5.74, 6) is 0.568. The summed E-state index contributed by atoms with van der Waals surface area (Å²) in [6.45, 7) is 7.22. The summed E-state index contributed by atoms with van der Waals surface area (Å²) in [6, 6.07) is 5.65. The van der Waals surface area contributed by atoms with Gasteiger partial charge in [0, 0.05) is 24.1 Å². The molecule has 0 aromatic carbocycles. The zero-order chi connectivity index (χ0) is 16.4. The lowest BCUT2D eigenvalue weighted by molar-refractivity contribution is -0.0271. The number of morpholine rings is 1. The Morgan fingerprint density at radius 1 is 1.26 bits per heavy atom. The first-order valence-electron chi connectivity index (χ1n) is 7.69. The number of nitrogens with zero attached hydrogens (tertiary/aromatic N) is 4. The maximum Gasteiger partial charge on any atom is 0.272 e. The number of ether oxygens (including phenoxy) is 1. The van der Waals surface area contributed by atoms with Crippen molar-refractivity contribution >= 4 is 5.91 Å². The third kappa shape index (κ3) is 3.37. The van der Waals surface area contributed by atoms with Crippen LogP contribution in [-0.4, -0.2) is 45.5 Å². The zero-order valence-electron chi connectivity index (χ0n) is 13.6. The summed E-state index contributed by atoms with van der Waals surface area (Å²) in [4.78, 5) is 27.6. The lowest BCUT2D eigenvalue weighted by Crippen LogP contribution is -2.43. The number of amides is 1. The van der Waals surface area contributed by atoms with E-state index in [1.54, 1.807) is 11.1 Å². The van der Waals surface area contributed by atoms with Gasteiger partial charge in [-0.3, -0.25) is 9.78 Å². The quantitative estimate of drug-likeness (QED) is 0.848. The van der Waals surface area contributed by atoms with Crippen molar-refractivity contribution in [3.05, 3.63) is 52.9 Å². The lowest BCUT2D eigenvalue weighted by atomic mass is 10.1. The van der Waals surface area contributed by atoms with Crippen LogP contribution in [0.2, 0.25) is 0 Å². The molecule has 2 aromatic rings. The molecule has 0 N–H and O–H groups in total. The van der Waals surface area contributed by atoms with Crippen LogP contribution in [0.25, 0.3) is 0 Å². The summed E-state index contributed by atoms with van der Waals surface area (Å²) in [5.41, 5.74) is 3.18. The Kier molecular flexibility index (Phi) is 4.34. The van der Waals surface area contributed by atoms with Gasteiger partial charge in [0.05, 0.1) is 13.2 Å². The Labute approximate surface area is 135 Å². The minimum absolute atomic E-state index is 0.0687. The Morgan fingerprint density at radius 2 is 2.00 bits per heavy atom. The molecule has 0 aliphatic carbocycles. The van der Waals surface area contributed by atoms with Crippen molar-refractivity contribution in [1.82, 2.24) is 19.9 Å². The highest BCUT2D eigenvalue weighted by Gasteiger charge is 2.29. The van der Waals surface area contributed by atoms with Gasteiger partial charge in [0.15, 0.2) is 5.82 Å². The van der Waals surface area contributed by atoms with Gasteiger partial charge in [-0.2, -0.15) is 0 Å². The minimum atomic E-state index is -0.296. The van der Waals surface area contributed by atoms with Gasteiger partial charge in [0.1, 0.15) is 11.8 Å². The number of aryl methyl sites for hydroxylation is 3. The largest absolute Gasteiger partial charge is 0.367 e. The van der Waals surface area contributed by atoms with Crippen molar-refractivity contribution in [1.29, 1.82) is 0 Å². The van der Waals surface area contributed by atoms with E-state index in [-0.39, 0.29) is 12.0 Å². The molecule has 1 saturated heterocycles. The monoisotopic (exact) mass is 312 g/mol. The summed E-state index contributed by atoms with van der Waals surface area (Å²) in [5, 5.41) is 0. The van der Waals surface area contributed by atoms with Crippen LogP contribution in [0, 0.1) is 20.8 Å². The average molecular weight is 312 g/mol. The Hall–Kier alpha value is -2.34. The fourth-order valence-corrected chi connectivity index (χ4v) is 2.75. The molecule has 0 radical (unpaired) electrons.